The number of methoxy groups -OCH3 is 1. The zero-order chi connectivity index (χ0) is 22.4. The summed E-state index contributed by atoms with van der Waals surface area (Å²) in [6.07, 6.45) is 1.34. The Balaban J connectivity index is 1.99. The number of hydrogen-bond acceptors (Lipinski definition) is 7. The Morgan fingerprint density at radius 1 is 1.26 bits per heavy atom. The van der Waals surface area contributed by atoms with Crippen molar-refractivity contribution in [2.45, 2.75) is 26.4 Å². The fourth-order valence-corrected chi connectivity index (χ4v) is 3.92. The quantitative estimate of drug-likeness (QED) is 0.715. The number of nitrogens with zero attached hydrogens (tertiary/aromatic N) is 4. The van der Waals surface area contributed by atoms with Crippen LogP contribution >= 0.6 is 0 Å². The molecule has 1 aliphatic rings. The van der Waals surface area contributed by atoms with Crippen molar-refractivity contribution in [3.05, 3.63) is 57.8 Å². The molecule has 0 aromatic carbocycles. The summed E-state index contributed by atoms with van der Waals surface area (Å²) < 4.78 is 11.9. The Hall–Kier alpha value is -2.91. The van der Waals surface area contributed by atoms with E-state index in [1.165, 1.54) is 0 Å². The predicted octanol–water partition coefficient (Wildman–Crippen LogP) is 1.77. The molecule has 0 unspecified atom stereocenters. The lowest BCUT2D eigenvalue weighted by Gasteiger charge is -2.38. The lowest BCUT2D eigenvalue weighted by Crippen LogP contribution is -2.51. The van der Waals surface area contributed by atoms with Gasteiger partial charge in [0.15, 0.2) is 0 Å². The van der Waals surface area contributed by atoms with Crippen LogP contribution < -0.4 is 5.56 Å². The molecule has 0 spiro atoms. The second-order valence-electron chi connectivity index (χ2n) is 7.41. The van der Waals surface area contributed by atoms with E-state index in [0.717, 1.165) is 0 Å². The fourth-order valence-electron chi connectivity index (χ4n) is 3.92. The number of amides is 1. The Labute approximate surface area is 181 Å². The summed E-state index contributed by atoms with van der Waals surface area (Å²) >= 11 is 0. The summed E-state index contributed by atoms with van der Waals surface area (Å²) in [6.45, 7) is 6.63. The molecule has 2 aromatic rings. The lowest BCUT2D eigenvalue weighted by molar-refractivity contribution is 0.0703. The molecule has 31 heavy (non-hydrogen) atoms. The van der Waals surface area contributed by atoms with E-state index in [1.807, 2.05) is 18.2 Å². The van der Waals surface area contributed by atoms with Crippen LogP contribution in [0.1, 0.15) is 29.9 Å². The van der Waals surface area contributed by atoms with Gasteiger partial charge in [-0.25, -0.2) is 4.79 Å². The van der Waals surface area contributed by atoms with Gasteiger partial charge in [0, 0.05) is 51.7 Å². The monoisotopic (exact) mass is 430 g/mol. The van der Waals surface area contributed by atoms with Crippen LogP contribution in [0.3, 0.4) is 0 Å². The number of aromatic nitrogens is 2. The van der Waals surface area contributed by atoms with Crippen LogP contribution in [-0.2, 0) is 16.0 Å². The van der Waals surface area contributed by atoms with E-state index in [2.05, 4.69) is 9.88 Å². The summed E-state index contributed by atoms with van der Waals surface area (Å²) in [5, 5.41) is 10.8. The zero-order valence-corrected chi connectivity index (χ0v) is 18.3. The fraction of sp³-hybridized carbons (Fsp3) is 0.500. The first kappa shape index (κ1) is 22.8. The van der Waals surface area contributed by atoms with E-state index in [4.69, 9.17) is 9.47 Å². The maximum absolute atomic E-state index is 13.4. The molecule has 9 heteroatoms. The van der Waals surface area contributed by atoms with Gasteiger partial charge in [-0.2, -0.15) is 0 Å². The number of pyridine rings is 2. The van der Waals surface area contributed by atoms with Gasteiger partial charge in [-0.05, 0) is 32.0 Å². The van der Waals surface area contributed by atoms with Crippen molar-refractivity contribution in [1.82, 2.24) is 19.4 Å². The molecule has 0 saturated carbocycles. The summed E-state index contributed by atoms with van der Waals surface area (Å²) in [5.74, 6) is -0.0559. The third kappa shape index (κ3) is 5.05. The predicted molar refractivity (Wildman–Crippen MR) is 115 cm³/mol. The number of carbonyl (C=O) groups excluding carboxylic acids is 1. The van der Waals surface area contributed by atoms with Gasteiger partial charge in [0.25, 0.3) is 5.56 Å². The van der Waals surface area contributed by atoms with E-state index in [9.17, 15) is 14.7 Å². The lowest BCUT2D eigenvalue weighted by atomic mass is 10.00. The molecular weight excluding hydrogens is 400 g/mol. The summed E-state index contributed by atoms with van der Waals surface area (Å²) in [6, 6.07) is 6.59. The smallest absolute Gasteiger partial charge is 0.409 e. The number of aryl methyl sites for hydroxylation is 1. The van der Waals surface area contributed by atoms with E-state index in [-0.39, 0.29) is 23.0 Å². The highest BCUT2D eigenvalue weighted by Crippen LogP contribution is 2.32. The van der Waals surface area contributed by atoms with Crippen LogP contribution in [0.25, 0.3) is 0 Å². The molecule has 0 radical (unpaired) electrons. The normalized spacial score (nSPS) is 15.6. The first-order chi connectivity index (χ1) is 15.0. The molecule has 1 atom stereocenters. The summed E-state index contributed by atoms with van der Waals surface area (Å²) in [4.78, 5) is 33.7. The third-order valence-corrected chi connectivity index (χ3v) is 5.49. The highest BCUT2D eigenvalue weighted by atomic mass is 16.6. The van der Waals surface area contributed by atoms with Crippen molar-refractivity contribution in [3.8, 4) is 5.75 Å². The van der Waals surface area contributed by atoms with Crippen LogP contribution in [0.4, 0.5) is 4.79 Å². The number of aromatic hydroxyl groups is 1. The van der Waals surface area contributed by atoms with Crippen LogP contribution in [0, 0.1) is 6.92 Å². The number of carbonyl (C=O) groups is 1. The third-order valence-electron chi connectivity index (χ3n) is 5.49. The minimum absolute atomic E-state index is 0.0559. The van der Waals surface area contributed by atoms with E-state index in [0.29, 0.717) is 57.3 Å². The van der Waals surface area contributed by atoms with Gasteiger partial charge in [-0.3, -0.25) is 14.7 Å². The molecule has 0 bridgehead atoms. The van der Waals surface area contributed by atoms with Crippen molar-refractivity contribution in [2.75, 3.05) is 46.5 Å². The topological polar surface area (TPSA) is 97.1 Å². The van der Waals surface area contributed by atoms with Crippen molar-refractivity contribution < 1.29 is 19.4 Å². The number of hydrogen-bond donors (Lipinski definition) is 1. The van der Waals surface area contributed by atoms with Gasteiger partial charge >= 0.3 is 6.09 Å². The largest absolute Gasteiger partial charge is 0.507 e. The average molecular weight is 431 g/mol. The van der Waals surface area contributed by atoms with E-state index in [1.54, 1.807) is 42.7 Å². The van der Waals surface area contributed by atoms with Gasteiger partial charge < -0.3 is 24.0 Å². The summed E-state index contributed by atoms with van der Waals surface area (Å²) in [7, 11) is 1.58. The molecule has 1 fully saturated rings. The van der Waals surface area contributed by atoms with E-state index >= 15 is 0 Å². The molecule has 0 aliphatic carbocycles. The number of piperazine rings is 1. The Morgan fingerprint density at radius 3 is 2.61 bits per heavy atom. The van der Waals surface area contributed by atoms with Crippen LogP contribution in [0.5, 0.6) is 5.75 Å². The highest BCUT2D eigenvalue weighted by Gasteiger charge is 2.33. The SMILES string of the molecule is CCOC(=O)N1CCN([C@@H](c2ccccn2)c2c(O)cc(C)n(CCOC)c2=O)CC1. The number of rotatable bonds is 7. The minimum Gasteiger partial charge on any atom is -0.507 e. The van der Waals surface area contributed by atoms with Gasteiger partial charge in [0.05, 0.1) is 30.5 Å². The summed E-state index contributed by atoms with van der Waals surface area (Å²) in [5.41, 5.74) is 1.35. The molecule has 3 heterocycles. The maximum Gasteiger partial charge on any atom is 0.409 e. The highest BCUT2D eigenvalue weighted by molar-refractivity contribution is 5.67. The standard InChI is InChI=1S/C22H30N4O5/c1-4-31-22(29)25-11-9-24(10-12-25)20(17-7-5-6-8-23-17)19-18(27)15-16(2)26(21(19)28)13-14-30-3/h5-8,15,20,27H,4,9-14H2,1-3H3/t20-/m0/s1. The van der Waals surface area contributed by atoms with Gasteiger partial charge in [-0.1, -0.05) is 6.07 Å². The molecule has 1 saturated heterocycles. The first-order valence-electron chi connectivity index (χ1n) is 10.5. The molecule has 1 aliphatic heterocycles. The number of ether oxygens (including phenoxy) is 2. The van der Waals surface area contributed by atoms with Crippen molar-refractivity contribution >= 4 is 6.09 Å². The van der Waals surface area contributed by atoms with Gasteiger partial charge in [0.2, 0.25) is 0 Å². The van der Waals surface area contributed by atoms with Crippen molar-refractivity contribution in [1.29, 1.82) is 0 Å². The second kappa shape index (κ2) is 10.4. The second-order valence-corrected chi connectivity index (χ2v) is 7.41. The molecule has 168 valence electrons. The van der Waals surface area contributed by atoms with Gasteiger partial charge in [0.1, 0.15) is 5.75 Å². The Morgan fingerprint density at radius 2 is 2.00 bits per heavy atom. The molecular formula is C22H30N4O5. The molecule has 1 N–H and O–H groups in total. The maximum atomic E-state index is 13.4. The average Bonchev–Trinajstić information content (AvgIpc) is 2.77. The van der Waals surface area contributed by atoms with Crippen LogP contribution in [0.15, 0.2) is 35.3 Å². The molecule has 9 nitrogen and oxygen atoms in total. The Bertz CT molecular complexity index is 939. The van der Waals surface area contributed by atoms with Gasteiger partial charge in [-0.15, -0.1) is 0 Å². The minimum atomic E-state index is -0.535. The molecule has 2 aromatic heterocycles. The Kier molecular flexibility index (Phi) is 7.64. The van der Waals surface area contributed by atoms with Crippen molar-refractivity contribution in [2.24, 2.45) is 0 Å². The zero-order valence-electron chi connectivity index (χ0n) is 18.3. The molecule has 1 amide bonds. The van der Waals surface area contributed by atoms with E-state index < -0.39 is 6.04 Å². The molecule has 3 rings (SSSR count). The first-order valence-corrected chi connectivity index (χ1v) is 10.5. The van der Waals surface area contributed by atoms with Crippen molar-refractivity contribution in [3.63, 3.8) is 0 Å². The van der Waals surface area contributed by atoms with Crippen LogP contribution in [0.2, 0.25) is 0 Å². The van der Waals surface area contributed by atoms with Crippen LogP contribution in [-0.4, -0.2) is 77.1 Å².